The summed E-state index contributed by atoms with van der Waals surface area (Å²) in [5.41, 5.74) is 1.61. The van der Waals surface area contributed by atoms with E-state index >= 15 is 0 Å². The molecule has 0 saturated heterocycles. The monoisotopic (exact) mass is 491 g/mol. The van der Waals surface area contributed by atoms with Crippen molar-refractivity contribution in [3.05, 3.63) is 0 Å². The minimum atomic E-state index is 0.403. The zero-order valence-electron chi connectivity index (χ0n) is 26.2. The Kier molecular flexibility index (Phi) is 10.8. The van der Waals surface area contributed by atoms with Crippen molar-refractivity contribution < 1.29 is 0 Å². The molecule has 0 heterocycles. The fourth-order valence-electron chi connectivity index (χ4n) is 7.80. The smallest absolute Gasteiger partial charge is 0.0458 e. The van der Waals surface area contributed by atoms with Crippen molar-refractivity contribution in [1.82, 2.24) is 10.6 Å². The van der Waals surface area contributed by atoms with Crippen molar-refractivity contribution in [3.63, 3.8) is 0 Å². The summed E-state index contributed by atoms with van der Waals surface area (Å²) < 4.78 is 0. The lowest BCUT2D eigenvalue weighted by molar-refractivity contribution is 0.0884. The molecule has 4 unspecified atom stereocenters. The van der Waals surface area contributed by atoms with Gasteiger partial charge < -0.3 is 10.6 Å². The summed E-state index contributed by atoms with van der Waals surface area (Å²) in [5.74, 6) is 3.22. The van der Waals surface area contributed by atoms with Crippen LogP contribution in [0.25, 0.3) is 0 Å². The minimum absolute atomic E-state index is 0.403. The zero-order valence-corrected chi connectivity index (χ0v) is 26.2. The van der Waals surface area contributed by atoms with Crippen LogP contribution in [-0.4, -0.2) is 18.8 Å². The average molecular weight is 491 g/mol. The number of hydrogen-bond donors (Lipinski definition) is 2. The molecular formula is C33H66N2. The third-order valence-corrected chi connectivity index (χ3v) is 8.50. The molecule has 2 heteroatoms. The van der Waals surface area contributed by atoms with E-state index in [1.165, 1.54) is 64.2 Å². The summed E-state index contributed by atoms with van der Waals surface area (Å²) in [6, 6.07) is 1.31. The lowest BCUT2D eigenvalue weighted by atomic mass is 9.67. The van der Waals surface area contributed by atoms with Gasteiger partial charge in [0.2, 0.25) is 0 Å². The molecule has 2 aliphatic carbocycles. The van der Waals surface area contributed by atoms with Crippen LogP contribution >= 0.6 is 0 Å². The molecule has 0 aromatic heterocycles. The highest BCUT2D eigenvalue weighted by Crippen LogP contribution is 2.43. The summed E-state index contributed by atoms with van der Waals surface area (Å²) >= 11 is 0. The zero-order chi connectivity index (χ0) is 26.7. The Morgan fingerprint density at radius 1 is 0.429 bits per heavy atom. The van der Waals surface area contributed by atoms with E-state index in [1.807, 2.05) is 0 Å². The fourth-order valence-corrected chi connectivity index (χ4v) is 7.80. The summed E-state index contributed by atoms with van der Waals surface area (Å²) in [4.78, 5) is 0. The predicted octanol–water partition coefficient (Wildman–Crippen LogP) is 9.44. The van der Waals surface area contributed by atoms with Gasteiger partial charge in [-0.05, 0) is 96.7 Å². The number of nitrogens with one attached hydrogen (secondary N) is 2. The minimum Gasteiger partial charge on any atom is -0.301 e. The second kappa shape index (κ2) is 12.2. The van der Waals surface area contributed by atoms with E-state index in [-0.39, 0.29) is 0 Å². The van der Waals surface area contributed by atoms with Crippen LogP contribution in [-0.2, 0) is 0 Å². The fraction of sp³-hybridized carbons (Fsp3) is 1.00. The molecule has 0 aromatic carbocycles. The van der Waals surface area contributed by atoms with Gasteiger partial charge in [0.05, 0.1) is 0 Å². The SMILES string of the molecule is CC(C)(C)CC1CCCC(CC(C)(C)C)C1NCNC1C(CC(C)(C)C)CCCC1CC(C)(C)C. The van der Waals surface area contributed by atoms with Crippen molar-refractivity contribution in [1.29, 1.82) is 0 Å². The van der Waals surface area contributed by atoms with E-state index < -0.39 is 0 Å². The largest absolute Gasteiger partial charge is 0.301 e. The summed E-state index contributed by atoms with van der Waals surface area (Å²) in [6.07, 6.45) is 13.8. The highest BCUT2D eigenvalue weighted by molar-refractivity contribution is 4.94. The van der Waals surface area contributed by atoms with Gasteiger partial charge in [-0.25, -0.2) is 0 Å². The van der Waals surface area contributed by atoms with Gasteiger partial charge in [-0.3, -0.25) is 0 Å². The van der Waals surface area contributed by atoms with Gasteiger partial charge in [0, 0.05) is 18.8 Å². The number of rotatable bonds is 8. The van der Waals surface area contributed by atoms with E-state index in [0.29, 0.717) is 33.7 Å². The summed E-state index contributed by atoms with van der Waals surface area (Å²) in [7, 11) is 0. The van der Waals surface area contributed by atoms with Crippen LogP contribution in [0.4, 0.5) is 0 Å². The van der Waals surface area contributed by atoms with Gasteiger partial charge in [0.15, 0.2) is 0 Å². The van der Waals surface area contributed by atoms with Crippen molar-refractivity contribution in [3.8, 4) is 0 Å². The third kappa shape index (κ3) is 11.9. The van der Waals surface area contributed by atoms with Crippen molar-refractivity contribution in [2.24, 2.45) is 45.3 Å². The first kappa shape index (κ1) is 31.1. The Labute approximate surface area is 222 Å². The molecule has 35 heavy (non-hydrogen) atoms. The highest BCUT2D eigenvalue weighted by Gasteiger charge is 2.39. The Balaban J connectivity index is 2.16. The van der Waals surface area contributed by atoms with Gasteiger partial charge in [0.1, 0.15) is 0 Å². The molecule has 208 valence electrons. The molecule has 2 fully saturated rings. The van der Waals surface area contributed by atoms with Crippen LogP contribution in [0.3, 0.4) is 0 Å². The molecule has 2 saturated carbocycles. The first-order valence-corrected chi connectivity index (χ1v) is 15.3. The van der Waals surface area contributed by atoms with Crippen LogP contribution in [0.1, 0.15) is 147 Å². The maximum Gasteiger partial charge on any atom is 0.0458 e. The van der Waals surface area contributed by atoms with Gasteiger partial charge in [0.25, 0.3) is 0 Å². The first-order chi connectivity index (χ1) is 15.8. The topological polar surface area (TPSA) is 24.1 Å². The lowest BCUT2D eigenvalue weighted by Gasteiger charge is -2.46. The third-order valence-electron chi connectivity index (χ3n) is 8.50. The summed E-state index contributed by atoms with van der Waals surface area (Å²) in [5, 5.41) is 8.34. The lowest BCUT2D eigenvalue weighted by Crippen LogP contribution is -2.54. The van der Waals surface area contributed by atoms with E-state index in [2.05, 4.69) is 93.7 Å². The Morgan fingerprint density at radius 2 is 0.657 bits per heavy atom. The highest BCUT2D eigenvalue weighted by atomic mass is 15.1. The standard InChI is InChI=1S/C33H66N2/c1-30(2,3)19-24-15-13-16-25(20-31(4,5)6)28(24)34-23-35-29-26(21-32(7,8)9)17-14-18-27(29)22-33(10,11)12/h24-29,34-35H,13-23H2,1-12H3. The van der Waals surface area contributed by atoms with Crippen LogP contribution in [0.15, 0.2) is 0 Å². The Hall–Kier alpha value is -0.0800. The van der Waals surface area contributed by atoms with E-state index in [4.69, 9.17) is 0 Å². The molecule has 0 aromatic rings. The first-order valence-electron chi connectivity index (χ1n) is 15.3. The van der Waals surface area contributed by atoms with E-state index in [9.17, 15) is 0 Å². The van der Waals surface area contributed by atoms with Gasteiger partial charge in [-0.1, -0.05) is 95.9 Å². The molecule has 0 aliphatic heterocycles. The molecule has 0 spiro atoms. The van der Waals surface area contributed by atoms with E-state index in [0.717, 1.165) is 30.3 Å². The average Bonchev–Trinajstić information content (AvgIpc) is 2.60. The van der Waals surface area contributed by atoms with Gasteiger partial charge in [-0.2, -0.15) is 0 Å². The maximum absolute atomic E-state index is 4.17. The Bertz CT molecular complexity index is 507. The van der Waals surface area contributed by atoms with Crippen LogP contribution in [0.2, 0.25) is 0 Å². The molecule has 4 atom stereocenters. The van der Waals surface area contributed by atoms with Crippen LogP contribution in [0.5, 0.6) is 0 Å². The van der Waals surface area contributed by atoms with Crippen LogP contribution < -0.4 is 10.6 Å². The van der Waals surface area contributed by atoms with Crippen molar-refractivity contribution in [2.45, 2.75) is 159 Å². The molecule has 2 aliphatic rings. The molecule has 0 bridgehead atoms. The molecule has 0 amide bonds. The normalized spacial score (nSPS) is 31.5. The van der Waals surface area contributed by atoms with Gasteiger partial charge in [-0.15, -0.1) is 0 Å². The number of hydrogen-bond acceptors (Lipinski definition) is 2. The summed E-state index contributed by atoms with van der Waals surface area (Å²) in [6.45, 7) is 30.2. The quantitative estimate of drug-likeness (QED) is 0.331. The van der Waals surface area contributed by atoms with E-state index in [1.54, 1.807) is 0 Å². The second-order valence-corrected chi connectivity index (χ2v) is 17.6. The maximum atomic E-state index is 4.17. The van der Waals surface area contributed by atoms with Crippen LogP contribution in [0, 0.1) is 45.3 Å². The van der Waals surface area contributed by atoms with Crippen molar-refractivity contribution >= 4 is 0 Å². The van der Waals surface area contributed by atoms with Gasteiger partial charge >= 0.3 is 0 Å². The molecular weight excluding hydrogens is 424 g/mol. The molecule has 0 radical (unpaired) electrons. The Morgan fingerprint density at radius 3 is 0.857 bits per heavy atom. The second-order valence-electron chi connectivity index (χ2n) is 17.6. The molecule has 2 N–H and O–H groups in total. The molecule has 2 nitrogen and oxygen atoms in total. The predicted molar refractivity (Wildman–Crippen MR) is 157 cm³/mol. The van der Waals surface area contributed by atoms with Crippen molar-refractivity contribution in [2.75, 3.05) is 6.67 Å². The molecule has 2 rings (SSSR count).